The molecule has 0 aromatic heterocycles. The van der Waals surface area contributed by atoms with E-state index < -0.39 is 0 Å². The minimum absolute atomic E-state index is 0.0480. The summed E-state index contributed by atoms with van der Waals surface area (Å²) in [5, 5.41) is 2.82. The monoisotopic (exact) mass is 355 g/mol. The third-order valence-corrected chi connectivity index (χ3v) is 4.51. The van der Waals surface area contributed by atoms with E-state index in [-0.39, 0.29) is 12.5 Å². The van der Waals surface area contributed by atoms with E-state index in [2.05, 4.69) is 10.2 Å². The van der Waals surface area contributed by atoms with Gasteiger partial charge in [-0.2, -0.15) is 0 Å². The molecule has 1 aliphatic rings. The predicted octanol–water partition coefficient (Wildman–Crippen LogP) is 2.74. The van der Waals surface area contributed by atoms with Gasteiger partial charge < -0.3 is 25.4 Å². The molecule has 0 unspecified atom stereocenters. The Bertz CT molecular complexity index is 786. The summed E-state index contributed by atoms with van der Waals surface area (Å²) in [4.78, 5) is 14.3. The molecular formula is C20H25N3O3. The molecule has 0 atom stereocenters. The first-order valence-corrected chi connectivity index (χ1v) is 8.75. The number of carbonyl (C=O) groups is 1. The number of nitrogens with zero attached hydrogens (tertiary/aromatic N) is 1. The van der Waals surface area contributed by atoms with Gasteiger partial charge in [0.1, 0.15) is 5.75 Å². The fourth-order valence-corrected chi connectivity index (χ4v) is 2.87. The fourth-order valence-electron chi connectivity index (χ4n) is 2.87. The number of anilines is 3. The van der Waals surface area contributed by atoms with Gasteiger partial charge in [-0.15, -0.1) is 0 Å². The predicted molar refractivity (Wildman–Crippen MR) is 104 cm³/mol. The maximum absolute atomic E-state index is 12.1. The molecule has 2 aromatic rings. The number of ether oxygens (including phenoxy) is 2. The molecule has 0 aliphatic carbocycles. The number of aryl methyl sites for hydroxylation is 2. The first-order chi connectivity index (χ1) is 12.5. The van der Waals surface area contributed by atoms with E-state index in [1.165, 1.54) is 5.56 Å². The van der Waals surface area contributed by atoms with Crippen molar-refractivity contribution in [1.29, 1.82) is 0 Å². The number of hydrogen-bond donors (Lipinski definition) is 2. The van der Waals surface area contributed by atoms with Crippen molar-refractivity contribution in [3.05, 3.63) is 47.5 Å². The van der Waals surface area contributed by atoms with Gasteiger partial charge >= 0.3 is 0 Å². The molecule has 1 saturated heterocycles. The molecule has 26 heavy (non-hydrogen) atoms. The van der Waals surface area contributed by atoms with Crippen LogP contribution in [0.1, 0.15) is 11.1 Å². The normalized spacial score (nSPS) is 14.2. The smallest absolute Gasteiger partial charge is 0.262 e. The highest BCUT2D eigenvalue weighted by Gasteiger charge is 2.14. The second-order valence-electron chi connectivity index (χ2n) is 6.46. The average Bonchev–Trinajstić information content (AvgIpc) is 2.63. The summed E-state index contributed by atoms with van der Waals surface area (Å²) < 4.78 is 10.9. The molecule has 2 aromatic carbocycles. The van der Waals surface area contributed by atoms with Gasteiger partial charge in [0.15, 0.2) is 6.61 Å². The van der Waals surface area contributed by atoms with E-state index in [0.29, 0.717) is 30.3 Å². The molecule has 1 heterocycles. The van der Waals surface area contributed by atoms with E-state index in [1.54, 1.807) is 6.07 Å². The Morgan fingerprint density at radius 3 is 2.62 bits per heavy atom. The highest BCUT2D eigenvalue weighted by Crippen LogP contribution is 2.27. The molecule has 6 nitrogen and oxygen atoms in total. The Hall–Kier alpha value is -2.73. The third kappa shape index (κ3) is 4.46. The van der Waals surface area contributed by atoms with Gasteiger partial charge in [0.05, 0.1) is 24.6 Å². The SMILES string of the molecule is Cc1ccc(OCC(=O)Nc2ccc(N3CCOCC3)c(N)c2)cc1C. The van der Waals surface area contributed by atoms with Gasteiger partial charge in [-0.1, -0.05) is 6.07 Å². The topological polar surface area (TPSA) is 76.8 Å². The lowest BCUT2D eigenvalue weighted by Gasteiger charge is -2.30. The molecule has 3 rings (SSSR count). The quantitative estimate of drug-likeness (QED) is 0.807. The number of benzene rings is 2. The summed E-state index contributed by atoms with van der Waals surface area (Å²) >= 11 is 0. The Morgan fingerprint density at radius 1 is 1.15 bits per heavy atom. The van der Waals surface area contributed by atoms with Gasteiger partial charge in [-0.05, 0) is 55.3 Å². The van der Waals surface area contributed by atoms with E-state index in [0.717, 1.165) is 24.3 Å². The lowest BCUT2D eigenvalue weighted by Crippen LogP contribution is -2.36. The number of morpholine rings is 1. The standard InChI is InChI=1S/C20H25N3O3/c1-14-3-5-17(11-15(14)2)26-13-20(24)22-16-4-6-19(18(21)12-16)23-7-9-25-10-8-23/h3-6,11-12H,7-10,13,21H2,1-2H3,(H,22,24). The summed E-state index contributed by atoms with van der Waals surface area (Å²) in [5.41, 5.74) is 10.8. The van der Waals surface area contributed by atoms with Gasteiger partial charge in [-0.3, -0.25) is 4.79 Å². The van der Waals surface area contributed by atoms with Gasteiger partial charge in [0.25, 0.3) is 5.91 Å². The van der Waals surface area contributed by atoms with Crippen LogP contribution in [0.15, 0.2) is 36.4 Å². The number of nitrogen functional groups attached to an aromatic ring is 1. The van der Waals surface area contributed by atoms with E-state index in [4.69, 9.17) is 15.2 Å². The largest absolute Gasteiger partial charge is 0.484 e. The number of hydrogen-bond acceptors (Lipinski definition) is 5. The molecule has 0 spiro atoms. The van der Waals surface area contributed by atoms with Gasteiger partial charge in [-0.25, -0.2) is 0 Å². The second-order valence-corrected chi connectivity index (χ2v) is 6.46. The van der Waals surface area contributed by atoms with Crippen LogP contribution in [0.4, 0.5) is 17.1 Å². The van der Waals surface area contributed by atoms with Crippen LogP contribution in [0.5, 0.6) is 5.75 Å². The molecule has 0 bridgehead atoms. The number of rotatable bonds is 5. The first-order valence-electron chi connectivity index (χ1n) is 8.75. The van der Waals surface area contributed by atoms with Crippen LogP contribution in [0.2, 0.25) is 0 Å². The lowest BCUT2D eigenvalue weighted by atomic mass is 10.1. The van der Waals surface area contributed by atoms with E-state index in [9.17, 15) is 4.79 Å². The van der Waals surface area contributed by atoms with Crippen molar-refractivity contribution in [2.45, 2.75) is 13.8 Å². The summed E-state index contributed by atoms with van der Waals surface area (Å²) in [7, 11) is 0. The molecule has 6 heteroatoms. The Kier molecular flexibility index (Phi) is 5.63. The van der Waals surface area contributed by atoms with Crippen molar-refractivity contribution in [2.75, 3.05) is 48.9 Å². The molecule has 0 radical (unpaired) electrons. The number of nitrogens with one attached hydrogen (secondary N) is 1. The van der Waals surface area contributed by atoms with Gasteiger partial charge in [0.2, 0.25) is 0 Å². The van der Waals surface area contributed by atoms with Crippen LogP contribution < -0.4 is 20.7 Å². The maximum atomic E-state index is 12.1. The van der Waals surface area contributed by atoms with Gasteiger partial charge in [0, 0.05) is 18.8 Å². The van der Waals surface area contributed by atoms with Crippen LogP contribution in [0.25, 0.3) is 0 Å². The number of nitrogens with two attached hydrogens (primary N) is 1. The molecule has 3 N–H and O–H groups in total. The zero-order valence-corrected chi connectivity index (χ0v) is 15.2. The number of amides is 1. The molecule has 0 saturated carbocycles. The summed E-state index contributed by atoms with van der Waals surface area (Å²) in [6.07, 6.45) is 0. The Morgan fingerprint density at radius 2 is 1.92 bits per heavy atom. The Labute approximate surface area is 153 Å². The average molecular weight is 355 g/mol. The van der Waals surface area contributed by atoms with Crippen LogP contribution in [0, 0.1) is 13.8 Å². The highest BCUT2D eigenvalue weighted by atomic mass is 16.5. The molecule has 1 fully saturated rings. The van der Waals surface area contributed by atoms with Crippen LogP contribution in [-0.4, -0.2) is 38.8 Å². The third-order valence-electron chi connectivity index (χ3n) is 4.51. The van der Waals surface area contributed by atoms with Crippen LogP contribution in [0.3, 0.4) is 0 Å². The van der Waals surface area contributed by atoms with E-state index >= 15 is 0 Å². The Balaban J connectivity index is 1.56. The first kappa shape index (κ1) is 18.1. The second kappa shape index (κ2) is 8.10. The van der Waals surface area contributed by atoms with Crippen LogP contribution >= 0.6 is 0 Å². The molecule has 1 amide bonds. The van der Waals surface area contributed by atoms with Crippen molar-refractivity contribution >= 4 is 23.0 Å². The fraction of sp³-hybridized carbons (Fsp3) is 0.350. The molecular weight excluding hydrogens is 330 g/mol. The minimum Gasteiger partial charge on any atom is -0.484 e. The molecule has 138 valence electrons. The zero-order chi connectivity index (χ0) is 18.5. The van der Waals surface area contributed by atoms with Crippen LogP contribution in [-0.2, 0) is 9.53 Å². The highest BCUT2D eigenvalue weighted by molar-refractivity contribution is 5.93. The summed E-state index contributed by atoms with van der Waals surface area (Å²) in [6, 6.07) is 11.3. The van der Waals surface area contributed by atoms with Crippen molar-refractivity contribution in [3.63, 3.8) is 0 Å². The zero-order valence-electron chi connectivity index (χ0n) is 15.2. The van der Waals surface area contributed by atoms with Crippen molar-refractivity contribution in [1.82, 2.24) is 0 Å². The molecule has 1 aliphatic heterocycles. The number of carbonyl (C=O) groups excluding carboxylic acids is 1. The van der Waals surface area contributed by atoms with Crippen molar-refractivity contribution < 1.29 is 14.3 Å². The maximum Gasteiger partial charge on any atom is 0.262 e. The van der Waals surface area contributed by atoms with Crippen molar-refractivity contribution in [2.24, 2.45) is 0 Å². The minimum atomic E-state index is -0.221. The summed E-state index contributed by atoms with van der Waals surface area (Å²) in [5.74, 6) is 0.465. The summed E-state index contributed by atoms with van der Waals surface area (Å²) in [6.45, 7) is 7.05. The van der Waals surface area contributed by atoms with E-state index in [1.807, 2.05) is 44.2 Å². The lowest BCUT2D eigenvalue weighted by molar-refractivity contribution is -0.118. The van der Waals surface area contributed by atoms with Crippen molar-refractivity contribution in [3.8, 4) is 5.75 Å².